The van der Waals surface area contributed by atoms with E-state index in [-0.39, 0.29) is 17.0 Å². The molecule has 1 amide bonds. The van der Waals surface area contributed by atoms with Crippen LogP contribution in [0.25, 0.3) is 5.76 Å². The van der Waals surface area contributed by atoms with Crippen molar-refractivity contribution in [3.63, 3.8) is 0 Å². The van der Waals surface area contributed by atoms with Crippen LogP contribution >= 0.6 is 0 Å². The summed E-state index contributed by atoms with van der Waals surface area (Å²) in [5, 5.41) is 22.0. The summed E-state index contributed by atoms with van der Waals surface area (Å²) < 4.78 is 0. The topological polar surface area (TPSA) is 101 Å². The van der Waals surface area contributed by atoms with Crippen LogP contribution in [0.5, 0.6) is 0 Å². The number of nitro benzene ring substituents is 1. The highest BCUT2D eigenvalue weighted by Gasteiger charge is 2.47. The average molecular weight is 414 g/mol. The van der Waals surface area contributed by atoms with Crippen molar-refractivity contribution in [1.29, 1.82) is 0 Å². The summed E-state index contributed by atoms with van der Waals surface area (Å²) in [7, 11) is 0. The van der Waals surface area contributed by atoms with Gasteiger partial charge in [0.15, 0.2) is 0 Å². The Morgan fingerprint density at radius 2 is 1.55 bits per heavy atom. The van der Waals surface area contributed by atoms with Gasteiger partial charge in [-0.15, -0.1) is 0 Å². The minimum atomic E-state index is -0.927. The van der Waals surface area contributed by atoms with Gasteiger partial charge < -0.3 is 5.11 Å². The molecule has 1 aliphatic rings. The number of anilines is 1. The van der Waals surface area contributed by atoms with Gasteiger partial charge in [0.05, 0.1) is 16.5 Å². The monoisotopic (exact) mass is 414 g/mol. The average Bonchev–Trinajstić information content (AvgIpc) is 3.05. The summed E-state index contributed by atoms with van der Waals surface area (Å²) in [6.07, 6.45) is 0. The summed E-state index contributed by atoms with van der Waals surface area (Å²) in [5.74, 6) is -1.88. The van der Waals surface area contributed by atoms with Crippen LogP contribution in [0.4, 0.5) is 11.4 Å². The van der Waals surface area contributed by atoms with Crippen LogP contribution in [-0.2, 0) is 9.59 Å². The van der Waals surface area contributed by atoms with Crippen molar-refractivity contribution in [2.24, 2.45) is 0 Å². The SMILES string of the molecule is Cc1ccc(N2C(=O)C(=O)/C(=C(\O)c3ccccc3)C2c2ccc([N+](=O)[O-])cc2)cc1. The number of hydrogen-bond acceptors (Lipinski definition) is 5. The van der Waals surface area contributed by atoms with Gasteiger partial charge in [0.1, 0.15) is 5.76 Å². The molecule has 154 valence electrons. The third kappa shape index (κ3) is 3.57. The second-order valence-electron chi connectivity index (χ2n) is 7.22. The first-order chi connectivity index (χ1) is 14.9. The van der Waals surface area contributed by atoms with Gasteiger partial charge in [-0.1, -0.05) is 48.0 Å². The number of Topliss-reactive ketones (excluding diaryl/α,β-unsaturated/α-hetero) is 1. The highest BCUT2D eigenvalue weighted by atomic mass is 16.6. The van der Waals surface area contributed by atoms with Gasteiger partial charge >= 0.3 is 0 Å². The number of ketones is 1. The number of nitro groups is 1. The van der Waals surface area contributed by atoms with Crippen molar-refractivity contribution in [2.75, 3.05) is 4.90 Å². The Kier molecular flexibility index (Phi) is 5.09. The van der Waals surface area contributed by atoms with E-state index in [9.17, 15) is 24.8 Å². The molecular weight excluding hydrogens is 396 g/mol. The molecule has 0 saturated carbocycles. The Hall–Kier alpha value is -4.26. The smallest absolute Gasteiger partial charge is 0.300 e. The minimum Gasteiger partial charge on any atom is -0.507 e. The van der Waals surface area contributed by atoms with Gasteiger partial charge in [-0.3, -0.25) is 24.6 Å². The predicted molar refractivity (Wildman–Crippen MR) is 116 cm³/mol. The lowest BCUT2D eigenvalue weighted by Crippen LogP contribution is -2.29. The molecule has 0 radical (unpaired) electrons. The number of hydrogen-bond donors (Lipinski definition) is 1. The molecule has 0 bridgehead atoms. The van der Waals surface area contributed by atoms with Crippen molar-refractivity contribution < 1.29 is 19.6 Å². The highest BCUT2D eigenvalue weighted by Crippen LogP contribution is 2.42. The van der Waals surface area contributed by atoms with Gasteiger partial charge in [0, 0.05) is 23.4 Å². The van der Waals surface area contributed by atoms with Crippen LogP contribution in [0, 0.1) is 17.0 Å². The van der Waals surface area contributed by atoms with Crippen LogP contribution in [-0.4, -0.2) is 21.7 Å². The first-order valence-electron chi connectivity index (χ1n) is 9.56. The molecule has 3 aromatic rings. The molecule has 3 aromatic carbocycles. The first kappa shape index (κ1) is 20.0. The van der Waals surface area contributed by atoms with E-state index >= 15 is 0 Å². The number of amides is 1. The van der Waals surface area contributed by atoms with Crippen LogP contribution in [0.1, 0.15) is 22.7 Å². The lowest BCUT2D eigenvalue weighted by molar-refractivity contribution is -0.384. The van der Waals surface area contributed by atoms with Gasteiger partial charge in [-0.25, -0.2) is 0 Å². The zero-order chi connectivity index (χ0) is 22.1. The van der Waals surface area contributed by atoms with E-state index in [1.807, 2.05) is 19.1 Å². The molecule has 7 heteroatoms. The maximum absolute atomic E-state index is 13.0. The molecule has 0 aromatic heterocycles. The van der Waals surface area contributed by atoms with Gasteiger partial charge in [-0.2, -0.15) is 0 Å². The zero-order valence-corrected chi connectivity index (χ0v) is 16.6. The molecule has 1 heterocycles. The molecular formula is C24H18N2O5. The Balaban J connectivity index is 1.93. The van der Waals surface area contributed by atoms with Crippen molar-refractivity contribution in [1.82, 2.24) is 0 Å². The van der Waals surface area contributed by atoms with Crippen LogP contribution < -0.4 is 4.90 Å². The third-order valence-corrected chi connectivity index (χ3v) is 5.22. The van der Waals surface area contributed by atoms with E-state index in [4.69, 9.17) is 0 Å². The summed E-state index contributed by atoms with van der Waals surface area (Å²) in [6.45, 7) is 1.90. The van der Waals surface area contributed by atoms with Crippen LogP contribution in [0.15, 0.2) is 84.4 Å². The van der Waals surface area contributed by atoms with Gasteiger partial charge in [-0.05, 0) is 36.8 Å². The molecule has 1 N–H and O–H groups in total. The van der Waals surface area contributed by atoms with E-state index in [1.165, 1.54) is 29.2 Å². The maximum atomic E-state index is 13.0. The molecule has 1 unspecified atom stereocenters. The number of aryl methyl sites for hydroxylation is 1. The van der Waals surface area contributed by atoms with E-state index in [0.29, 0.717) is 16.8 Å². The Bertz CT molecular complexity index is 1200. The number of nitrogens with zero attached hydrogens (tertiary/aromatic N) is 2. The third-order valence-electron chi connectivity index (χ3n) is 5.22. The van der Waals surface area contributed by atoms with Crippen molar-refractivity contribution in [2.45, 2.75) is 13.0 Å². The van der Waals surface area contributed by atoms with Crippen molar-refractivity contribution in [3.05, 3.63) is 111 Å². The summed E-state index contributed by atoms with van der Waals surface area (Å²) in [6, 6.07) is 20.3. The fourth-order valence-electron chi connectivity index (χ4n) is 3.65. The largest absolute Gasteiger partial charge is 0.507 e. The number of non-ortho nitro benzene ring substituents is 1. The normalized spacial score (nSPS) is 17.7. The fraction of sp³-hybridized carbons (Fsp3) is 0.0833. The second kappa shape index (κ2) is 7.87. The van der Waals surface area contributed by atoms with Gasteiger partial charge in [0.25, 0.3) is 17.4 Å². The van der Waals surface area contributed by atoms with E-state index in [1.54, 1.807) is 42.5 Å². The Labute approximate surface area is 178 Å². The maximum Gasteiger partial charge on any atom is 0.300 e. The Morgan fingerprint density at radius 1 is 0.935 bits per heavy atom. The van der Waals surface area contributed by atoms with E-state index in [2.05, 4.69) is 0 Å². The summed E-state index contributed by atoms with van der Waals surface area (Å²) in [4.78, 5) is 37.9. The van der Waals surface area contributed by atoms with Crippen molar-refractivity contribution >= 4 is 28.8 Å². The molecule has 7 nitrogen and oxygen atoms in total. The molecule has 0 aliphatic carbocycles. The fourth-order valence-corrected chi connectivity index (χ4v) is 3.65. The lowest BCUT2D eigenvalue weighted by atomic mass is 9.95. The van der Waals surface area contributed by atoms with E-state index in [0.717, 1.165) is 5.56 Å². The molecule has 31 heavy (non-hydrogen) atoms. The van der Waals surface area contributed by atoms with Crippen LogP contribution in [0.3, 0.4) is 0 Å². The lowest BCUT2D eigenvalue weighted by Gasteiger charge is -2.25. The van der Waals surface area contributed by atoms with Gasteiger partial charge in [0.2, 0.25) is 0 Å². The standard InChI is InChI=1S/C24H18N2O5/c1-15-7-11-18(12-8-15)25-21(16-9-13-19(14-10-16)26(30)31)20(23(28)24(25)29)22(27)17-5-3-2-4-6-17/h2-14,21,27H,1H3/b22-20-. The molecule has 4 rings (SSSR count). The number of aliphatic hydroxyl groups is 1. The van der Waals surface area contributed by atoms with Crippen molar-refractivity contribution in [3.8, 4) is 0 Å². The summed E-state index contributed by atoms with van der Waals surface area (Å²) in [5.41, 5.74) is 2.17. The minimum absolute atomic E-state index is 0.0642. The molecule has 1 aliphatic heterocycles. The molecule has 1 saturated heterocycles. The highest BCUT2D eigenvalue weighted by molar-refractivity contribution is 6.51. The predicted octanol–water partition coefficient (Wildman–Crippen LogP) is 4.53. The summed E-state index contributed by atoms with van der Waals surface area (Å²) >= 11 is 0. The van der Waals surface area contributed by atoms with E-state index < -0.39 is 22.7 Å². The molecule has 0 spiro atoms. The number of carbonyl (C=O) groups excluding carboxylic acids is 2. The second-order valence-corrected chi connectivity index (χ2v) is 7.22. The zero-order valence-electron chi connectivity index (χ0n) is 16.6. The molecule has 1 fully saturated rings. The first-order valence-corrected chi connectivity index (χ1v) is 9.56. The number of benzene rings is 3. The molecule has 1 atom stereocenters. The number of aliphatic hydroxyl groups excluding tert-OH is 1. The van der Waals surface area contributed by atoms with Crippen LogP contribution in [0.2, 0.25) is 0 Å². The Morgan fingerprint density at radius 3 is 2.13 bits per heavy atom. The quantitative estimate of drug-likeness (QED) is 0.222. The number of rotatable bonds is 4. The number of carbonyl (C=O) groups is 2.